The molecule has 0 saturated carbocycles. The molecule has 1 nitrogen and oxygen atoms in total. The second kappa shape index (κ2) is 1.67. The zero-order chi connectivity index (χ0) is 6.27. The summed E-state index contributed by atoms with van der Waals surface area (Å²) in [6.45, 7) is 2.10. The molecule has 0 aliphatic carbocycles. The average Bonchev–Trinajstić information content (AvgIpc) is 2.22. The normalized spacial score (nSPS) is 22.6. The lowest BCUT2D eigenvalue weighted by atomic mass is 10.3. The summed E-state index contributed by atoms with van der Waals surface area (Å²) in [6.07, 6.45) is 2.19. The summed E-state index contributed by atoms with van der Waals surface area (Å²) < 4.78 is 1.20. The molecule has 0 saturated heterocycles. The van der Waals surface area contributed by atoms with Crippen molar-refractivity contribution in [3.8, 4) is 0 Å². The average molecular weight is 137 g/mol. The zero-order valence-electron chi connectivity index (χ0n) is 5.16. The first-order chi connectivity index (χ1) is 4.36. The van der Waals surface area contributed by atoms with E-state index in [1.165, 1.54) is 9.89 Å². The maximum absolute atomic E-state index is 4.38. The smallest absolute Gasteiger partial charge is 0.118 e. The fourth-order valence-corrected chi connectivity index (χ4v) is 1.87. The van der Waals surface area contributed by atoms with Crippen LogP contribution in [-0.4, -0.2) is 6.04 Å². The van der Waals surface area contributed by atoms with Gasteiger partial charge in [0, 0.05) is 5.22 Å². The van der Waals surface area contributed by atoms with Crippen molar-refractivity contribution in [1.29, 1.82) is 0 Å². The van der Waals surface area contributed by atoms with E-state index < -0.39 is 0 Å². The molecular formula is C7H7NS. The minimum Gasteiger partial charge on any atom is -0.267 e. The molecule has 0 bridgehead atoms. The van der Waals surface area contributed by atoms with E-state index in [9.17, 15) is 0 Å². The van der Waals surface area contributed by atoms with Gasteiger partial charge in [-0.2, -0.15) is 0 Å². The van der Waals surface area contributed by atoms with Crippen LogP contribution >= 0.6 is 11.3 Å². The van der Waals surface area contributed by atoms with E-state index in [1.54, 1.807) is 11.3 Å². The van der Waals surface area contributed by atoms with Crippen LogP contribution in [0.2, 0.25) is 0 Å². The van der Waals surface area contributed by atoms with Crippen LogP contribution in [0, 0.1) is 0 Å². The number of fused-ring (bicyclic) bond motifs is 1. The molecule has 1 aliphatic rings. The fraction of sp³-hybridized carbons (Fsp3) is 0.286. The van der Waals surface area contributed by atoms with Crippen LogP contribution < -0.4 is 9.89 Å². The molecule has 0 aromatic carbocycles. The Hall–Kier alpha value is -0.630. The molecule has 46 valence electrons. The number of hydrogen-bond donors (Lipinski definition) is 0. The summed E-state index contributed by atoms with van der Waals surface area (Å²) in [7, 11) is 0. The molecule has 2 heterocycles. The van der Waals surface area contributed by atoms with Crippen molar-refractivity contribution in [2.24, 2.45) is 4.99 Å². The van der Waals surface area contributed by atoms with Gasteiger partial charge >= 0.3 is 0 Å². The van der Waals surface area contributed by atoms with Gasteiger partial charge in [-0.15, -0.1) is 11.3 Å². The molecule has 2 rings (SSSR count). The van der Waals surface area contributed by atoms with E-state index in [0.29, 0.717) is 6.04 Å². The first-order valence-electron chi connectivity index (χ1n) is 2.99. The van der Waals surface area contributed by atoms with E-state index in [4.69, 9.17) is 0 Å². The summed E-state index contributed by atoms with van der Waals surface area (Å²) in [5, 5.41) is 3.39. The molecule has 0 spiro atoms. The van der Waals surface area contributed by atoms with Crippen molar-refractivity contribution >= 4 is 17.4 Å². The highest BCUT2D eigenvalue weighted by Crippen LogP contribution is 1.95. The summed E-state index contributed by atoms with van der Waals surface area (Å²) in [5.74, 6) is 0. The van der Waals surface area contributed by atoms with E-state index in [0.717, 1.165) is 0 Å². The van der Waals surface area contributed by atoms with Crippen LogP contribution in [0.15, 0.2) is 16.4 Å². The van der Waals surface area contributed by atoms with E-state index >= 15 is 0 Å². The molecule has 0 fully saturated rings. The van der Waals surface area contributed by atoms with Crippen molar-refractivity contribution in [3.63, 3.8) is 0 Å². The second-order valence-electron chi connectivity index (χ2n) is 2.22. The van der Waals surface area contributed by atoms with Crippen molar-refractivity contribution in [1.82, 2.24) is 0 Å². The number of hydrogen-bond acceptors (Lipinski definition) is 2. The Balaban J connectivity index is 2.85. The second-order valence-corrected chi connectivity index (χ2v) is 3.11. The number of nitrogens with zero attached hydrogens (tertiary/aromatic N) is 1. The SMILES string of the molecule is CC1C=c2ccsc2=N1. The lowest BCUT2D eigenvalue weighted by Gasteiger charge is -1.86. The topological polar surface area (TPSA) is 12.4 Å². The fourth-order valence-electron chi connectivity index (χ4n) is 1.02. The van der Waals surface area contributed by atoms with E-state index in [1.807, 2.05) is 0 Å². The molecule has 1 aliphatic heterocycles. The van der Waals surface area contributed by atoms with Gasteiger partial charge in [-0.1, -0.05) is 6.08 Å². The minimum absolute atomic E-state index is 0.410. The highest BCUT2D eigenvalue weighted by molar-refractivity contribution is 7.07. The molecule has 9 heavy (non-hydrogen) atoms. The van der Waals surface area contributed by atoms with Crippen LogP contribution in [0.3, 0.4) is 0 Å². The first-order valence-corrected chi connectivity index (χ1v) is 3.87. The van der Waals surface area contributed by atoms with E-state index in [-0.39, 0.29) is 0 Å². The monoisotopic (exact) mass is 137 g/mol. The molecular weight excluding hydrogens is 130 g/mol. The predicted molar refractivity (Wildman–Crippen MR) is 39.0 cm³/mol. The molecule has 1 unspecified atom stereocenters. The van der Waals surface area contributed by atoms with Crippen molar-refractivity contribution in [3.05, 3.63) is 21.3 Å². The van der Waals surface area contributed by atoms with E-state index in [2.05, 4.69) is 29.4 Å². The molecule has 1 aromatic rings. The van der Waals surface area contributed by atoms with Crippen LogP contribution in [0.4, 0.5) is 0 Å². The van der Waals surface area contributed by atoms with Crippen LogP contribution in [0.1, 0.15) is 6.92 Å². The third kappa shape index (κ3) is 0.704. The lowest BCUT2D eigenvalue weighted by molar-refractivity contribution is 0.964. The van der Waals surface area contributed by atoms with Crippen LogP contribution in [0.5, 0.6) is 0 Å². The van der Waals surface area contributed by atoms with Crippen molar-refractivity contribution in [2.75, 3.05) is 0 Å². The van der Waals surface area contributed by atoms with Crippen molar-refractivity contribution < 1.29 is 0 Å². The Morgan fingerprint density at radius 2 is 2.56 bits per heavy atom. The van der Waals surface area contributed by atoms with Crippen LogP contribution in [-0.2, 0) is 0 Å². The van der Waals surface area contributed by atoms with Crippen molar-refractivity contribution in [2.45, 2.75) is 13.0 Å². The summed E-state index contributed by atoms with van der Waals surface area (Å²) in [4.78, 5) is 4.38. The van der Waals surface area contributed by atoms with Gasteiger partial charge in [-0.3, -0.25) is 4.99 Å². The van der Waals surface area contributed by atoms with Gasteiger partial charge in [-0.05, 0) is 18.4 Å². The number of thiophene rings is 1. The molecule has 2 heteroatoms. The predicted octanol–water partition coefficient (Wildman–Crippen LogP) is 0.550. The lowest BCUT2D eigenvalue weighted by Crippen LogP contribution is -2.12. The summed E-state index contributed by atoms with van der Waals surface area (Å²) in [5.41, 5.74) is 0. The van der Waals surface area contributed by atoms with Gasteiger partial charge in [0.15, 0.2) is 0 Å². The molecule has 0 N–H and O–H groups in total. The molecule has 1 aromatic heterocycles. The van der Waals surface area contributed by atoms with Crippen LogP contribution in [0.25, 0.3) is 6.08 Å². The largest absolute Gasteiger partial charge is 0.267 e. The Morgan fingerprint density at radius 1 is 1.67 bits per heavy atom. The Bertz CT molecular complexity index is 292. The first kappa shape index (κ1) is 5.18. The number of rotatable bonds is 0. The molecule has 1 atom stereocenters. The zero-order valence-corrected chi connectivity index (χ0v) is 5.98. The highest BCUT2D eigenvalue weighted by atomic mass is 32.1. The molecule has 0 amide bonds. The van der Waals surface area contributed by atoms with Gasteiger partial charge < -0.3 is 0 Å². The standard InChI is InChI=1S/C7H7NS/c1-5-4-6-2-3-9-7(6)8-5/h2-5H,1H3. The third-order valence-corrected chi connectivity index (χ3v) is 2.25. The van der Waals surface area contributed by atoms with Gasteiger partial charge in [-0.25, -0.2) is 0 Å². The summed E-state index contributed by atoms with van der Waals surface area (Å²) in [6, 6.07) is 2.53. The minimum atomic E-state index is 0.410. The Morgan fingerprint density at radius 3 is 3.33 bits per heavy atom. The van der Waals surface area contributed by atoms with Gasteiger partial charge in [0.25, 0.3) is 0 Å². The Labute approximate surface area is 57.4 Å². The Kier molecular flexibility index (Phi) is 0.963. The van der Waals surface area contributed by atoms with Gasteiger partial charge in [0.2, 0.25) is 0 Å². The maximum Gasteiger partial charge on any atom is 0.118 e. The third-order valence-electron chi connectivity index (χ3n) is 1.42. The van der Waals surface area contributed by atoms with Gasteiger partial charge in [0.1, 0.15) is 4.67 Å². The quantitative estimate of drug-likeness (QED) is 0.495. The van der Waals surface area contributed by atoms with Gasteiger partial charge in [0.05, 0.1) is 6.04 Å². The molecule has 0 radical (unpaired) electrons. The highest BCUT2D eigenvalue weighted by Gasteiger charge is 2.01. The summed E-state index contributed by atoms with van der Waals surface area (Å²) >= 11 is 1.72. The maximum atomic E-state index is 4.38.